The number of fused-ring (bicyclic) bond motifs is 1. The first-order valence-electron chi connectivity index (χ1n) is 9.20. The van der Waals surface area contributed by atoms with E-state index in [9.17, 15) is 4.79 Å². The molecule has 1 amide bonds. The molecule has 0 radical (unpaired) electrons. The van der Waals surface area contributed by atoms with Crippen molar-refractivity contribution in [3.63, 3.8) is 0 Å². The monoisotopic (exact) mass is 341 g/mol. The van der Waals surface area contributed by atoms with Crippen molar-refractivity contribution in [1.82, 2.24) is 4.90 Å². The summed E-state index contributed by atoms with van der Waals surface area (Å²) in [5.41, 5.74) is 3.66. The van der Waals surface area contributed by atoms with Gasteiger partial charge >= 0.3 is 6.02 Å². The lowest BCUT2D eigenvalue weighted by Crippen LogP contribution is -2.30. The minimum Gasteiger partial charge on any atom is -0.420 e. The topological polar surface area (TPSA) is 45.1 Å². The summed E-state index contributed by atoms with van der Waals surface area (Å²) in [6, 6.07) is 6.88. The molecule has 134 valence electrons. The smallest absolute Gasteiger partial charge is 0.300 e. The maximum absolute atomic E-state index is 12.6. The standard InChI is InChI=1S/C20H27N3O2/c1-5-22-11-7-8-16-12-15(9-10-17(16)22)13-18-19(24)23(6-2)20(25-18)21-14(3)4/h9-10,12-14H,5-8,11H2,1-4H3/b18-13+,21-20?. The molecule has 0 spiro atoms. The summed E-state index contributed by atoms with van der Waals surface area (Å²) in [6.07, 6.45) is 4.09. The summed E-state index contributed by atoms with van der Waals surface area (Å²) in [5.74, 6) is 0.235. The van der Waals surface area contributed by atoms with Crippen molar-refractivity contribution in [2.24, 2.45) is 4.99 Å². The van der Waals surface area contributed by atoms with E-state index in [1.165, 1.54) is 17.7 Å². The van der Waals surface area contributed by atoms with Gasteiger partial charge in [0.25, 0.3) is 5.91 Å². The van der Waals surface area contributed by atoms with Crippen LogP contribution >= 0.6 is 0 Å². The number of hydrogen-bond acceptors (Lipinski definition) is 4. The fourth-order valence-corrected chi connectivity index (χ4v) is 3.37. The number of aliphatic imine (C=N–C) groups is 1. The Bertz CT molecular complexity index is 722. The van der Waals surface area contributed by atoms with Crippen LogP contribution in [0.25, 0.3) is 6.08 Å². The normalized spacial score (nSPS) is 20.6. The minimum absolute atomic E-state index is 0.0833. The van der Waals surface area contributed by atoms with Crippen LogP contribution in [0.2, 0.25) is 0 Å². The molecule has 5 nitrogen and oxygen atoms in total. The Hall–Kier alpha value is -2.30. The van der Waals surface area contributed by atoms with Crippen molar-refractivity contribution in [2.75, 3.05) is 24.5 Å². The summed E-state index contributed by atoms with van der Waals surface area (Å²) < 4.78 is 5.76. The highest BCUT2D eigenvalue weighted by molar-refractivity contribution is 6.11. The average molecular weight is 341 g/mol. The van der Waals surface area contributed by atoms with Gasteiger partial charge in [-0.15, -0.1) is 0 Å². The molecule has 1 aromatic carbocycles. The van der Waals surface area contributed by atoms with Gasteiger partial charge < -0.3 is 9.64 Å². The maximum Gasteiger partial charge on any atom is 0.300 e. The van der Waals surface area contributed by atoms with Crippen LogP contribution in [-0.2, 0) is 16.0 Å². The van der Waals surface area contributed by atoms with E-state index < -0.39 is 0 Å². The van der Waals surface area contributed by atoms with Gasteiger partial charge in [0.15, 0.2) is 5.76 Å². The van der Waals surface area contributed by atoms with E-state index in [0.29, 0.717) is 18.3 Å². The fraction of sp³-hybridized carbons (Fsp3) is 0.500. The molecule has 1 aromatic rings. The van der Waals surface area contributed by atoms with Crippen molar-refractivity contribution in [3.8, 4) is 0 Å². The summed E-state index contributed by atoms with van der Waals surface area (Å²) >= 11 is 0. The number of ether oxygens (including phenoxy) is 1. The second-order valence-electron chi connectivity index (χ2n) is 6.74. The van der Waals surface area contributed by atoms with E-state index in [2.05, 4.69) is 35.0 Å². The third kappa shape index (κ3) is 3.55. The maximum atomic E-state index is 12.6. The van der Waals surface area contributed by atoms with Crippen LogP contribution in [0.3, 0.4) is 0 Å². The van der Waals surface area contributed by atoms with Gasteiger partial charge in [-0.2, -0.15) is 0 Å². The quantitative estimate of drug-likeness (QED) is 0.788. The summed E-state index contributed by atoms with van der Waals surface area (Å²) in [6.45, 7) is 10.8. The van der Waals surface area contributed by atoms with E-state index >= 15 is 0 Å². The largest absolute Gasteiger partial charge is 0.420 e. The SMILES string of the molecule is CCN1C(=O)/C(=C\c2ccc3c(c2)CCCN3CC)OC1=NC(C)C. The predicted molar refractivity (Wildman–Crippen MR) is 102 cm³/mol. The number of rotatable bonds is 4. The van der Waals surface area contributed by atoms with Gasteiger partial charge in [-0.3, -0.25) is 9.69 Å². The van der Waals surface area contributed by atoms with Crippen LogP contribution in [0.15, 0.2) is 29.0 Å². The zero-order valence-electron chi connectivity index (χ0n) is 15.6. The summed E-state index contributed by atoms with van der Waals surface area (Å²) in [5, 5.41) is 0. The van der Waals surface area contributed by atoms with E-state index in [0.717, 1.165) is 25.1 Å². The Balaban J connectivity index is 1.89. The lowest BCUT2D eigenvalue weighted by Gasteiger charge is -2.30. The molecule has 0 aromatic heterocycles. The van der Waals surface area contributed by atoms with Gasteiger partial charge in [-0.25, -0.2) is 4.99 Å². The number of hydrogen-bond donors (Lipinski definition) is 0. The number of amides is 1. The highest BCUT2D eigenvalue weighted by Gasteiger charge is 2.33. The Kier molecular flexibility index (Phi) is 5.11. The van der Waals surface area contributed by atoms with Crippen LogP contribution in [-0.4, -0.2) is 42.5 Å². The first-order chi connectivity index (χ1) is 12.0. The molecule has 3 rings (SSSR count). The molecule has 0 bridgehead atoms. The highest BCUT2D eigenvalue weighted by Crippen LogP contribution is 2.29. The van der Waals surface area contributed by atoms with Crippen LogP contribution in [0.1, 0.15) is 45.2 Å². The molecule has 2 aliphatic rings. The Morgan fingerprint density at radius 1 is 1.28 bits per heavy atom. The van der Waals surface area contributed by atoms with Gasteiger partial charge in [0.05, 0.1) is 0 Å². The molecule has 0 unspecified atom stereocenters. The molecule has 0 N–H and O–H groups in total. The van der Waals surface area contributed by atoms with Crippen LogP contribution in [0.4, 0.5) is 5.69 Å². The van der Waals surface area contributed by atoms with Crippen LogP contribution < -0.4 is 4.90 Å². The zero-order chi connectivity index (χ0) is 18.0. The fourth-order valence-electron chi connectivity index (χ4n) is 3.37. The van der Waals surface area contributed by atoms with E-state index in [-0.39, 0.29) is 11.9 Å². The number of benzene rings is 1. The summed E-state index contributed by atoms with van der Waals surface area (Å²) in [7, 11) is 0. The lowest BCUT2D eigenvalue weighted by molar-refractivity contribution is -0.122. The van der Waals surface area contributed by atoms with Crippen molar-refractivity contribution < 1.29 is 9.53 Å². The first-order valence-corrected chi connectivity index (χ1v) is 9.20. The second-order valence-corrected chi connectivity index (χ2v) is 6.74. The molecule has 1 fully saturated rings. The van der Waals surface area contributed by atoms with E-state index in [4.69, 9.17) is 4.74 Å². The number of carbonyl (C=O) groups excluding carboxylic acids is 1. The van der Waals surface area contributed by atoms with Crippen molar-refractivity contribution in [3.05, 3.63) is 35.1 Å². The molecule has 0 atom stereocenters. The van der Waals surface area contributed by atoms with Gasteiger partial charge in [0, 0.05) is 31.4 Å². The zero-order valence-corrected chi connectivity index (χ0v) is 15.6. The Labute approximate surface area is 150 Å². The number of nitrogens with zero attached hydrogens (tertiary/aromatic N) is 3. The first kappa shape index (κ1) is 17.5. The molecule has 0 aliphatic carbocycles. The van der Waals surface area contributed by atoms with Crippen LogP contribution in [0, 0.1) is 0 Å². The van der Waals surface area contributed by atoms with Crippen molar-refractivity contribution >= 4 is 23.7 Å². The Morgan fingerprint density at radius 2 is 2.08 bits per heavy atom. The number of carbonyl (C=O) groups is 1. The van der Waals surface area contributed by atoms with Crippen molar-refractivity contribution in [1.29, 1.82) is 0 Å². The molecular formula is C20H27N3O2. The second kappa shape index (κ2) is 7.30. The van der Waals surface area contributed by atoms with Gasteiger partial charge in [0.1, 0.15) is 0 Å². The van der Waals surface area contributed by atoms with E-state index in [1.54, 1.807) is 4.90 Å². The molecular weight excluding hydrogens is 314 g/mol. The van der Waals surface area contributed by atoms with E-state index in [1.807, 2.05) is 26.8 Å². The average Bonchev–Trinajstić information content (AvgIpc) is 2.88. The number of likely N-dealkylation sites (N-methyl/N-ethyl adjacent to an activating group) is 1. The third-order valence-corrected chi connectivity index (χ3v) is 4.57. The number of anilines is 1. The lowest BCUT2D eigenvalue weighted by atomic mass is 9.99. The summed E-state index contributed by atoms with van der Waals surface area (Å²) in [4.78, 5) is 21.0. The minimum atomic E-state index is -0.116. The molecule has 5 heteroatoms. The van der Waals surface area contributed by atoms with Crippen LogP contribution in [0.5, 0.6) is 0 Å². The Morgan fingerprint density at radius 3 is 2.76 bits per heavy atom. The third-order valence-electron chi connectivity index (χ3n) is 4.57. The molecule has 2 aliphatic heterocycles. The molecule has 2 heterocycles. The number of amidine groups is 1. The molecule has 0 saturated carbocycles. The molecule has 25 heavy (non-hydrogen) atoms. The van der Waals surface area contributed by atoms with Crippen molar-refractivity contribution in [2.45, 2.75) is 46.6 Å². The van der Waals surface area contributed by atoms with Gasteiger partial charge in [-0.1, -0.05) is 6.07 Å². The molecule has 1 saturated heterocycles. The highest BCUT2D eigenvalue weighted by atomic mass is 16.5. The predicted octanol–water partition coefficient (Wildman–Crippen LogP) is 3.44. The van der Waals surface area contributed by atoms with Gasteiger partial charge in [0.2, 0.25) is 0 Å². The number of aryl methyl sites for hydroxylation is 1. The van der Waals surface area contributed by atoms with Gasteiger partial charge in [-0.05, 0) is 69.9 Å².